The van der Waals surface area contributed by atoms with Crippen molar-refractivity contribution in [3.05, 3.63) is 76.9 Å². The van der Waals surface area contributed by atoms with Crippen LogP contribution in [0.15, 0.2) is 54.6 Å². The van der Waals surface area contributed by atoms with Crippen LogP contribution in [0, 0.1) is 11.3 Å². The van der Waals surface area contributed by atoms with Crippen LogP contribution >= 0.6 is 0 Å². The minimum Gasteiger partial charge on any atom is -0.379 e. The Morgan fingerprint density at radius 2 is 1.68 bits per heavy atom. The highest BCUT2D eigenvalue weighted by atomic mass is 16.1. The maximum Gasteiger partial charge on any atom is 0.187 e. The molecule has 0 saturated heterocycles. The second kappa shape index (κ2) is 5.89. The number of nitrogens with zero attached hydrogens (tertiary/aromatic N) is 1. The maximum absolute atomic E-state index is 12.7. The second-order valence-corrected chi connectivity index (χ2v) is 7.53. The van der Waals surface area contributed by atoms with Crippen LogP contribution in [-0.2, 0) is 5.41 Å². The minimum atomic E-state index is -0.196. The summed E-state index contributed by atoms with van der Waals surface area (Å²) in [4.78, 5) is 12.7. The summed E-state index contributed by atoms with van der Waals surface area (Å²) in [5, 5.41) is 12.4. The number of hydrogen-bond acceptors (Lipinski definition) is 3. The third-order valence-electron chi connectivity index (χ3n) is 5.47. The zero-order chi connectivity index (χ0) is 18.2. The Bertz CT molecular complexity index is 896. The number of allylic oxidation sites excluding steroid dienone is 1. The zero-order valence-corrected chi connectivity index (χ0v) is 15.1. The van der Waals surface area contributed by atoms with Gasteiger partial charge in [-0.05, 0) is 43.7 Å². The van der Waals surface area contributed by atoms with Gasteiger partial charge < -0.3 is 5.32 Å². The van der Waals surface area contributed by atoms with Gasteiger partial charge in [0.05, 0.1) is 11.6 Å². The van der Waals surface area contributed by atoms with E-state index < -0.39 is 0 Å². The van der Waals surface area contributed by atoms with E-state index in [0.717, 1.165) is 11.3 Å². The van der Waals surface area contributed by atoms with E-state index in [0.29, 0.717) is 11.1 Å². The number of ketones is 1. The van der Waals surface area contributed by atoms with Crippen molar-refractivity contribution in [3.8, 4) is 6.07 Å². The first kappa shape index (κ1) is 17.0. The van der Waals surface area contributed by atoms with Crippen LogP contribution in [0.25, 0.3) is 5.70 Å². The second-order valence-electron chi connectivity index (χ2n) is 7.53. The van der Waals surface area contributed by atoms with Crippen molar-refractivity contribution < 1.29 is 4.79 Å². The fourth-order valence-electron chi connectivity index (χ4n) is 3.20. The van der Waals surface area contributed by atoms with E-state index in [1.165, 1.54) is 5.56 Å². The van der Waals surface area contributed by atoms with Crippen LogP contribution in [0.2, 0.25) is 0 Å². The van der Waals surface area contributed by atoms with Crippen molar-refractivity contribution in [2.75, 3.05) is 0 Å². The first-order chi connectivity index (χ1) is 11.8. The average molecular weight is 330 g/mol. The number of benzene rings is 2. The number of hydrogen-bond donors (Lipinski definition) is 1. The number of carbonyl (C=O) groups is 1. The first-order valence-corrected chi connectivity index (χ1v) is 8.40. The van der Waals surface area contributed by atoms with Crippen molar-refractivity contribution in [2.45, 2.75) is 38.6 Å². The lowest BCUT2D eigenvalue weighted by atomic mass is 9.65. The predicted octanol–water partition coefficient (Wildman–Crippen LogP) is 4.44. The molecule has 0 unspecified atom stereocenters. The van der Waals surface area contributed by atoms with Crippen molar-refractivity contribution in [1.82, 2.24) is 5.32 Å². The number of rotatable bonds is 2. The maximum atomic E-state index is 12.7. The third-order valence-corrected chi connectivity index (χ3v) is 5.47. The van der Waals surface area contributed by atoms with Gasteiger partial charge in [0.1, 0.15) is 0 Å². The molecule has 0 amide bonds. The fourth-order valence-corrected chi connectivity index (χ4v) is 3.20. The highest BCUT2D eigenvalue weighted by molar-refractivity contribution is 6.08. The quantitative estimate of drug-likeness (QED) is 0.654. The summed E-state index contributed by atoms with van der Waals surface area (Å²) in [6, 6.07) is 17.0. The topological polar surface area (TPSA) is 52.9 Å². The molecule has 126 valence electrons. The van der Waals surface area contributed by atoms with Crippen molar-refractivity contribution in [3.63, 3.8) is 0 Å². The molecule has 1 aliphatic heterocycles. The Balaban J connectivity index is 2.05. The lowest BCUT2D eigenvalue weighted by molar-refractivity contribution is 0.104. The van der Waals surface area contributed by atoms with Crippen molar-refractivity contribution in [1.29, 1.82) is 5.26 Å². The van der Waals surface area contributed by atoms with Gasteiger partial charge in [-0.15, -0.1) is 0 Å². The molecule has 0 atom stereocenters. The monoisotopic (exact) mass is 330 g/mol. The molecule has 0 aromatic heterocycles. The number of carbonyl (C=O) groups excluding carboxylic acids is 1. The summed E-state index contributed by atoms with van der Waals surface area (Å²) in [5.41, 5.74) is 4.00. The van der Waals surface area contributed by atoms with Crippen LogP contribution in [0.1, 0.15) is 54.7 Å². The molecule has 1 aliphatic rings. The molecule has 3 heteroatoms. The van der Waals surface area contributed by atoms with Crippen LogP contribution in [0.3, 0.4) is 0 Å². The van der Waals surface area contributed by atoms with Gasteiger partial charge in [0.2, 0.25) is 0 Å². The zero-order valence-electron chi connectivity index (χ0n) is 15.1. The van der Waals surface area contributed by atoms with Crippen LogP contribution < -0.4 is 5.32 Å². The Morgan fingerprint density at radius 3 is 2.32 bits per heavy atom. The summed E-state index contributed by atoms with van der Waals surface area (Å²) in [6.07, 6.45) is 1.66. The summed E-state index contributed by atoms with van der Waals surface area (Å²) in [6.45, 7) is 8.75. The summed E-state index contributed by atoms with van der Waals surface area (Å²) in [7, 11) is 0. The molecule has 0 aliphatic carbocycles. The molecule has 0 radical (unpaired) electrons. The van der Waals surface area contributed by atoms with Gasteiger partial charge in [-0.2, -0.15) is 5.26 Å². The molecular weight excluding hydrogens is 308 g/mol. The lowest BCUT2D eigenvalue weighted by Crippen LogP contribution is -2.56. The Labute approximate surface area is 149 Å². The standard InChI is InChI=1S/C22H22N2O/c1-21(2)18-8-6-5-7-17(18)19(24-22(21,3)4)13-20(25)16-11-9-15(14-23)10-12-16/h5-13,24H,1-4H3/b19-13-. The minimum absolute atomic E-state index is 0.0710. The molecule has 2 aromatic rings. The van der Waals surface area contributed by atoms with Gasteiger partial charge in [0.25, 0.3) is 0 Å². The number of nitriles is 1. The molecule has 25 heavy (non-hydrogen) atoms. The van der Waals surface area contributed by atoms with Crippen LogP contribution in [0.5, 0.6) is 0 Å². The SMILES string of the molecule is CC1(C)N/C(=C\C(=O)c2ccc(C#N)cc2)c2ccccc2C1(C)C. The van der Waals surface area contributed by atoms with E-state index >= 15 is 0 Å². The Morgan fingerprint density at radius 1 is 1.04 bits per heavy atom. The van der Waals surface area contributed by atoms with Gasteiger partial charge in [-0.3, -0.25) is 4.79 Å². The molecule has 1 N–H and O–H groups in total. The Hall–Kier alpha value is -2.86. The van der Waals surface area contributed by atoms with Crippen LogP contribution in [-0.4, -0.2) is 11.3 Å². The fraction of sp³-hybridized carbons (Fsp3) is 0.273. The van der Waals surface area contributed by atoms with E-state index in [4.69, 9.17) is 5.26 Å². The molecule has 1 heterocycles. The normalized spacial score (nSPS) is 18.8. The van der Waals surface area contributed by atoms with E-state index in [1.54, 1.807) is 30.3 Å². The summed E-state index contributed by atoms with van der Waals surface area (Å²) in [5.74, 6) is -0.0719. The molecular formula is C22H22N2O. The molecule has 3 rings (SSSR count). The molecule has 0 fully saturated rings. The van der Waals surface area contributed by atoms with E-state index in [-0.39, 0.29) is 16.7 Å². The highest BCUT2D eigenvalue weighted by Crippen LogP contribution is 2.43. The third kappa shape index (κ3) is 2.85. The van der Waals surface area contributed by atoms with Gasteiger partial charge in [0.15, 0.2) is 5.78 Å². The lowest BCUT2D eigenvalue weighted by Gasteiger charge is -2.49. The van der Waals surface area contributed by atoms with Gasteiger partial charge in [0, 0.05) is 33.9 Å². The molecule has 3 nitrogen and oxygen atoms in total. The number of nitrogens with one attached hydrogen (secondary N) is 1. The van der Waals surface area contributed by atoms with E-state index in [2.05, 4.69) is 51.2 Å². The molecule has 2 aromatic carbocycles. The molecule has 0 saturated carbocycles. The summed E-state index contributed by atoms with van der Waals surface area (Å²) < 4.78 is 0. The molecule has 0 bridgehead atoms. The van der Waals surface area contributed by atoms with Crippen molar-refractivity contribution >= 4 is 11.5 Å². The predicted molar refractivity (Wildman–Crippen MR) is 100 cm³/mol. The Kier molecular flexibility index (Phi) is 4.00. The number of fused-ring (bicyclic) bond motifs is 1. The highest BCUT2D eigenvalue weighted by Gasteiger charge is 2.44. The van der Waals surface area contributed by atoms with Crippen LogP contribution in [0.4, 0.5) is 0 Å². The molecule has 0 spiro atoms. The largest absolute Gasteiger partial charge is 0.379 e. The van der Waals surface area contributed by atoms with Gasteiger partial charge in [-0.25, -0.2) is 0 Å². The van der Waals surface area contributed by atoms with E-state index in [9.17, 15) is 4.79 Å². The summed E-state index contributed by atoms with van der Waals surface area (Å²) >= 11 is 0. The van der Waals surface area contributed by atoms with Gasteiger partial charge in [-0.1, -0.05) is 38.1 Å². The first-order valence-electron chi connectivity index (χ1n) is 8.40. The average Bonchev–Trinajstić information content (AvgIpc) is 2.60. The van der Waals surface area contributed by atoms with Crippen molar-refractivity contribution in [2.24, 2.45) is 0 Å². The smallest absolute Gasteiger partial charge is 0.187 e. The van der Waals surface area contributed by atoms with Gasteiger partial charge >= 0.3 is 0 Å². The van der Waals surface area contributed by atoms with E-state index in [1.807, 2.05) is 12.1 Å².